The second-order valence-electron chi connectivity index (χ2n) is 4.23. The molecule has 2 unspecified atom stereocenters. The molecule has 0 saturated carbocycles. The number of anilines is 1. The average molecular weight is 229 g/mol. The van der Waals surface area contributed by atoms with Gasteiger partial charge in [0.25, 0.3) is 5.91 Å². The third-order valence-corrected chi connectivity index (χ3v) is 2.82. The first-order chi connectivity index (χ1) is 8.19. The fourth-order valence-electron chi connectivity index (χ4n) is 1.90. The van der Waals surface area contributed by atoms with Crippen molar-refractivity contribution in [3.63, 3.8) is 0 Å². The lowest BCUT2D eigenvalue weighted by molar-refractivity contribution is -0.126. The molecule has 1 saturated heterocycles. The number of hydrogen-bond acceptors (Lipinski definition) is 2. The summed E-state index contributed by atoms with van der Waals surface area (Å²) in [6.45, 7) is 1.98. The first kappa shape index (κ1) is 11.7. The third-order valence-electron chi connectivity index (χ3n) is 2.82. The van der Waals surface area contributed by atoms with Crippen molar-refractivity contribution in [1.82, 2.24) is 0 Å². The second-order valence-corrected chi connectivity index (χ2v) is 4.23. The number of terminal acetylenes is 1. The molecule has 0 aliphatic carbocycles. The molecule has 1 aromatic rings. The number of nitrogens with one attached hydrogen (secondary N) is 1. The van der Waals surface area contributed by atoms with E-state index >= 15 is 0 Å². The van der Waals surface area contributed by atoms with Crippen LogP contribution in [-0.2, 0) is 9.53 Å². The van der Waals surface area contributed by atoms with Crippen LogP contribution >= 0.6 is 0 Å². The van der Waals surface area contributed by atoms with Gasteiger partial charge in [-0.15, -0.1) is 6.42 Å². The average Bonchev–Trinajstić information content (AvgIpc) is 2.76. The van der Waals surface area contributed by atoms with E-state index in [4.69, 9.17) is 11.2 Å². The number of ether oxygens (including phenoxy) is 1. The van der Waals surface area contributed by atoms with Crippen molar-refractivity contribution < 1.29 is 9.53 Å². The van der Waals surface area contributed by atoms with Crippen LogP contribution in [0.3, 0.4) is 0 Å². The predicted molar refractivity (Wildman–Crippen MR) is 66.6 cm³/mol. The molecule has 2 rings (SSSR count). The van der Waals surface area contributed by atoms with E-state index in [-0.39, 0.29) is 18.1 Å². The number of rotatable bonds is 2. The highest BCUT2D eigenvalue weighted by Gasteiger charge is 2.27. The lowest BCUT2D eigenvalue weighted by Gasteiger charge is -2.11. The minimum atomic E-state index is -0.334. The molecule has 1 heterocycles. The smallest absolute Gasteiger partial charge is 0.253 e. The first-order valence-corrected chi connectivity index (χ1v) is 5.72. The quantitative estimate of drug-likeness (QED) is 0.789. The summed E-state index contributed by atoms with van der Waals surface area (Å²) in [5.74, 6) is 2.44. The van der Waals surface area contributed by atoms with Crippen LogP contribution in [0.15, 0.2) is 24.3 Å². The summed E-state index contributed by atoms with van der Waals surface area (Å²) < 4.78 is 5.50. The highest BCUT2D eigenvalue weighted by atomic mass is 16.5. The summed E-state index contributed by atoms with van der Waals surface area (Å²) in [6.07, 6.45) is 6.85. The zero-order valence-electron chi connectivity index (χ0n) is 9.77. The Labute approximate surface area is 101 Å². The van der Waals surface area contributed by atoms with Crippen LogP contribution in [0.5, 0.6) is 0 Å². The Morgan fingerprint density at radius 2 is 2.35 bits per heavy atom. The maximum atomic E-state index is 11.9. The van der Waals surface area contributed by atoms with Gasteiger partial charge in [0.1, 0.15) is 6.10 Å². The van der Waals surface area contributed by atoms with E-state index in [9.17, 15) is 4.79 Å². The maximum absolute atomic E-state index is 11.9. The fourth-order valence-corrected chi connectivity index (χ4v) is 1.90. The molecule has 17 heavy (non-hydrogen) atoms. The Kier molecular flexibility index (Phi) is 3.46. The van der Waals surface area contributed by atoms with Crippen molar-refractivity contribution in [2.45, 2.75) is 32.0 Å². The molecule has 1 N–H and O–H groups in total. The molecule has 1 amide bonds. The minimum absolute atomic E-state index is 0.0940. The monoisotopic (exact) mass is 229 g/mol. The molecule has 0 spiro atoms. The van der Waals surface area contributed by atoms with Crippen molar-refractivity contribution in [3.05, 3.63) is 29.8 Å². The number of carbonyl (C=O) groups excluding carboxylic acids is 1. The van der Waals surface area contributed by atoms with Gasteiger partial charge in [-0.1, -0.05) is 12.0 Å². The molecule has 0 aromatic heterocycles. The van der Waals surface area contributed by atoms with Crippen molar-refractivity contribution in [1.29, 1.82) is 0 Å². The summed E-state index contributed by atoms with van der Waals surface area (Å²) in [5.41, 5.74) is 1.47. The second kappa shape index (κ2) is 5.03. The predicted octanol–water partition coefficient (Wildman–Crippen LogP) is 2.17. The van der Waals surface area contributed by atoms with Crippen LogP contribution in [0.25, 0.3) is 0 Å². The summed E-state index contributed by atoms with van der Waals surface area (Å²) in [7, 11) is 0. The Morgan fingerprint density at radius 1 is 1.53 bits per heavy atom. The number of amides is 1. The zero-order valence-corrected chi connectivity index (χ0v) is 9.77. The standard InChI is InChI=1S/C14H15NO2/c1-3-11-5-4-6-12(9-11)15-14(16)13-8-7-10(2)17-13/h1,4-6,9-10,13H,7-8H2,2H3,(H,15,16). The molecule has 2 atom stereocenters. The van der Waals surface area contributed by atoms with E-state index in [0.29, 0.717) is 5.69 Å². The molecule has 1 aliphatic heterocycles. The van der Waals surface area contributed by atoms with Gasteiger partial charge in [0, 0.05) is 11.3 Å². The summed E-state index contributed by atoms with van der Waals surface area (Å²) >= 11 is 0. The Morgan fingerprint density at radius 3 is 3.00 bits per heavy atom. The van der Waals surface area contributed by atoms with Gasteiger partial charge >= 0.3 is 0 Å². The molecule has 1 fully saturated rings. The van der Waals surface area contributed by atoms with Crippen molar-refractivity contribution in [2.24, 2.45) is 0 Å². The number of carbonyl (C=O) groups is 1. The molecule has 88 valence electrons. The normalized spacial score (nSPS) is 23.1. The van der Waals surface area contributed by atoms with Gasteiger partial charge in [0.05, 0.1) is 6.10 Å². The zero-order chi connectivity index (χ0) is 12.3. The first-order valence-electron chi connectivity index (χ1n) is 5.72. The maximum Gasteiger partial charge on any atom is 0.253 e. The van der Waals surface area contributed by atoms with Gasteiger partial charge in [-0.05, 0) is 38.0 Å². The largest absolute Gasteiger partial charge is 0.365 e. The highest BCUT2D eigenvalue weighted by Crippen LogP contribution is 2.20. The molecule has 3 nitrogen and oxygen atoms in total. The van der Waals surface area contributed by atoms with Gasteiger partial charge in [-0.2, -0.15) is 0 Å². The molecule has 0 radical (unpaired) electrons. The van der Waals surface area contributed by atoms with Gasteiger partial charge in [-0.3, -0.25) is 4.79 Å². The third kappa shape index (κ3) is 2.86. The molecular weight excluding hydrogens is 214 g/mol. The summed E-state index contributed by atoms with van der Waals surface area (Å²) in [4.78, 5) is 11.9. The number of benzene rings is 1. The van der Waals surface area contributed by atoms with E-state index < -0.39 is 0 Å². The molecule has 3 heteroatoms. The van der Waals surface area contributed by atoms with E-state index in [1.54, 1.807) is 6.07 Å². The van der Waals surface area contributed by atoms with Crippen LogP contribution in [0.4, 0.5) is 5.69 Å². The Balaban J connectivity index is 2.01. The van der Waals surface area contributed by atoms with Gasteiger partial charge in [0.2, 0.25) is 0 Å². The van der Waals surface area contributed by atoms with Crippen LogP contribution in [-0.4, -0.2) is 18.1 Å². The van der Waals surface area contributed by atoms with Gasteiger partial charge < -0.3 is 10.1 Å². The lowest BCUT2D eigenvalue weighted by Crippen LogP contribution is -2.27. The van der Waals surface area contributed by atoms with E-state index in [1.165, 1.54) is 0 Å². The molecule has 0 bridgehead atoms. The van der Waals surface area contributed by atoms with Crippen molar-refractivity contribution >= 4 is 11.6 Å². The fraction of sp³-hybridized carbons (Fsp3) is 0.357. The van der Waals surface area contributed by atoms with Crippen molar-refractivity contribution in [3.8, 4) is 12.3 Å². The summed E-state index contributed by atoms with van der Waals surface area (Å²) in [5, 5.41) is 2.82. The van der Waals surface area contributed by atoms with Crippen LogP contribution in [0, 0.1) is 12.3 Å². The molecular formula is C14H15NO2. The van der Waals surface area contributed by atoms with Crippen LogP contribution in [0.1, 0.15) is 25.3 Å². The van der Waals surface area contributed by atoms with Gasteiger partial charge in [-0.25, -0.2) is 0 Å². The van der Waals surface area contributed by atoms with Crippen LogP contribution in [0.2, 0.25) is 0 Å². The number of hydrogen-bond donors (Lipinski definition) is 1. The molecule has 1 aromatic carbocycles. The molecule has 1 aliphatic rings. The van der Waals surface area contributed by atoms with E-state index in [1.807, 2.05) is 25.1 Å². The Hall–Kier alpha value is -1.79. The van der Waals surface area contributed by atoms with E-state index in [0.717, 1.165) is 18.4 Å². The lowest BCUT2D eigenvalue weighted by atomic mass is 10.2. The Bertz CT molecular complexity index is 462. The minimum Gasteiger partial charge on any atom is -0.365 e. The highest BCUT2D eigenvalue weighted by molar-refractivity contribution is 5.94. The van der Waals surface area contributed by atoms with Crippen molar-refractivity contribution in [2.75, 3.05) is 5.32 Å². The SMILES string of the molecule is C#Cc1cccc(NC(=O)C2CCC(C)O2)c1. The van der Waals surface area contributed by atoms with Crippen LogP contribution < -0.4 is 5.32 Å². The topological polar surface area (TPSA) is 38.3 Å². The van der Waals surface area contributed by atoms with E-state index in [2.05, 4.69) is 11.2 Å². The summed E-state index contributed by atoms with van der Waals surface area (Å²) in [6, 6.07) is 7.24. The van der Waals surface area contributed by atoms with Gasteiger partial charge in [0.15, 0.2) is 0 Å².